The van der Waals surface area contributed by atoms with Crippen LogP contribution in [0.4, 0.5) is 11.5 Å². The van der Waals surface area contributed by atoms with Gasteiger partial charge in [-0.3, -0.25) is 9.48 Å². The first-order valence-corrected chi connectivity index (χ1v) is 10.9. The lowest BCUT2D eigenvalue weighted by atomic mass is 10.1. The average molecular weight is 427 g/mol. The van der Waals surface area contributed by atoms with Crippen LogP contribution < -0.4 is 15.4 Å². The fourth-order valence-corrected chi connectivity index (χ4v) is 3.97. The van der Waals surface area contributed by atoms with Crippen LogP contribution in [0.25, 0.3) is 0 Å². The van der Waals surface area contributed by atoms with Crippen molar-refractivity contribution in [2.24, 2.45) is 5.14 Å². The first kappa shape index (κ1) is 20.0. The lowest BCUT2D eigenvalue weighted by Crippen LogP contribution is -2.26. The number of pyridine rings is 2. The molecule has 156 valence electrons. The van der Waals surface area contributed by atoms with Crippen LogP contribution in [0.2, 0.25) is 0 Å². The Morgan fingerprint density at radius 3 is 2.83 bits per heavy atom. The van der Waals surface area contributed by atoms with Gasteiger partial charge in [-0.05, 0) is 37.1 Å². The largest absolute Gasteiger partial charge is 0.354 e. The zero-order valence-electron chi connectivity index (χ0n) is 16.3. The van der Waals surface area contributed by atoms with Gasteiger partial charge in [-0.1, -0.05) is 0 Å². The number of nitrogens with one attached hydrogen (secondary N) is 1. The summed E-state index contributed by atoms with van der Waals surface area (Å²) in [7, 11) is -3.97. The summed E-state index contributed by atoms with van der Waals surface area (Å²) < 4.78 is 25.0. The number of nitrogens with two attached hydrogens (primary N) is 1. The van der Waals surface area contributed by atoms with Crippen molar-refractivity contribution < 1.29 is 13.2 Å². The fourth-order valence-electron chi connectivity index (χ4n) is 3.47. The van der Waals surface area contributed by atoms with Gasteiger partial charge in [0.25, 0.3) is 15.9 Å². The number of nitrogens with zero attached hydrogens (tertiary/aromatic N) is 5. The van der Waals surface area contributed by atoms with E-state index in [9.17, 15) is 13.2 Å². The molecule has 10 nitrogen and oxygen atoms in total. The average Bonchev–Trinajstić information content (AvgIpc) is 3.39. The van der Waals surface area contributed by atoms with Crippen molar-refractivity contribution in [3.05, 3.63) is 60.2 Å². The van der Waals surface area contributed by atoms with E-state index in [1.165, 1.54) is 18.3 Å². The molecule has 3 aromatic rings. The van der Waals surface area contributed by atoms with E-state index in [2.05, 4.69) is 25.3 Å². The van der Waals surface area contributed by atoms with Gasteiger partial charge in [0.15, 0.2) is 5.03 Å². The number of carbonyl (C=O) groups is 1. The van der Waals surface area contributed by atoms with Crippen molar-refractivity contribution in [3.8, 4) is 0 Å². The summed E-state index contributed by atoms with van der Waals surface area (Å²) in [6, 6.07) is 6.58. The number of hydrogen-bond acceptors (Lipinski definition) is 7. The minimum absolute atomic E-state index is 0.205. The van der Waals surface area contributed by atoms with Crippen LogP contribution in [0.3, 0.4) is 0 Å². The van der Waals surface area contributed by atoms with E-state index in [-0.39, 0.29) is 16.8 Å². The molecular formula is C19H21N7O3S. The van der Waals surface area contributed by atoms with Gasteiger partial charge in [0, 0.05) is 49.6 Å². The molecule has 3 N–H and O–H groups in total. The number of aryl methyl sites for hydroxylation is 1. The number of sulfonamides is 1. The van der Waals surface area contributed by atoms with Crippen LogP contribution in [0.15, 0.2) is 54.1 Å². The number of aromatic nitrogens is 4. The van der Waals surface area contributed by atoms with Crippen LogP contribution in [-0.4, -0.2) is 47.2 Å². The third kappa shape index (κ3) is 4.16. The molecular weight excluding hydrogens is 406 g/mol. The smallest absolute Gasteiger partial charge is 0.259 e. The minimum Gasteiger partial charge on any atom is -0.354 e. The van der Waals surface area contributed by atoms with Gasteiger partial charge in [-0.15, -0.1) is 0 Å². The fraction of sp³-hybridized carbons (Fsp3) is 0.263. The van der Waals surface area contributed by atoms with E-state index in [4.69, 9.17) is 5.14 Å². The Kier molecular flexibility index (Phi) is 5.22. The van der Waals surface area contributed by atoms with E-state index in [0.29, 0.717) is 17.9 Å². The molecule has 4 rings (SSSR count). The monoisotopic (exact) mass is 427 g/mol. The number of rotatable bonds is 5. The minimum atomic E-state index is -3.97. The Balaban J connectivity index is 1.59. The molecule has 1 atom stereocenters. The van der Waals surface area contributed by atoms with Crippen molar-refractivity contribution in [2.75, 3.05) is 23.3 Å². The predicted octanol–water partition coefficient (Wildman–Crippen LogP) is 1.33. The number of anilines is 2. The first-order chi connectivity index (χ1) is 14.3. The molecule has 1 unspecified atom stereocenters. The Hall–Kier alpha value is -3.31. The molecule has 0 spiro atoms. The van der Waals surface area contributed by atoms with Gasteiger partial charge in [-0.2, -0.15) is 5.10 Å². The summed E-state index contributed by atoms with van der Waals surface area (Å²) in [5.41, 5.74) is 1.53. The Morgan fingerprint density at radius 1 is 1.27 bits per heavy atom. The predicted molar refractivity (Wildman–Crippen MR) is 111 cm³/mol. The van der Waals surface area contributed by atoms with Gasteiger partial charge in [0.05, 0.1) is 11.6 Å². The summed E-state index contributed by atoms with van der Waals surface area (Å²) in [4.78, 5) is 23.3. The van der Waals surface area contributed by atoms with Crippen LogP contribution in [0.1, 0.15) is 28.4 Å². The second-order valence-electron chi connectivity index (χ2n) is 7.14. The van der Waals surface area contributed by atoms with Crippen LogP contribution in [0.5, 0.6) is 0 Å². The van der Waals surface area contributed by atoms with Crippen molar-refractivity contribution >= 4 is 27.4 Å². The molecule has 11 heteroatoms. The van der Waals surface area contributed by atoms with E-state index in [0.717, 1.165) is 18.5 Å². The standard InChI is InChI=1S/C19H21N7O3S/c1-13-9-16(19(27)24-14-3-6-21-17(10-14)30(20,28)29)18(22-11-13)25-8-4-15(12-25)26-7-2-5-23-26/h2-3,5-7,9-11,15H,4,8,12H2,1H3,(H2,20,28,29)(H,21,24,27). The summed E-state index contributed by atoms with van der Waals surface area (Å²) in [5.74, 6) is 0.184. The van der Waals surface area contributed by atoms with Crippen molar-refractivity contribution in [3.63, 3.8) is 0 Å². The molecule has 1 fully saturated rings. The molecule has 0 bridgehead atoms. The molecule has 0 aromatic carbocycles. The lowest BCUT2D eigenvalue weighted by molar-refractivity contribution is 0.102. The Morgan fingerprint density at radius 2 is 2.10 bits per heavy atom. The SMILES string of the molecule is Cc1cnc(N2CCC(n3cccn3)C2)c(C(=O)Nc2ccnc(S(N)(=O)=O)c2)c1. The number of hydrogen-bond donors (Lipinski definition) is 2. The highest BCUT2D eigenvalue weighted by Gasteiger charge is 2.28. The molecule has 1 aliphatic heterocycles. The van der Waals surface area contributed by atoms with E-state index < -0.39 is 15.9 Å². The topological polar surface area (TPSA) is 136 Å². The maximum Gasteiger partial charge on any atom is 0.259 e. The van der Waals surface area contributed by atoms with Gasteiger partial charge in [0.2, 0.25) is 0 Å². The molecule has 4 heterocycles. The van der Waals surface area contributed by atoms with Crippen molar-refractivity contribution in [1.29, 1.82) is 0 Å². The maximum absolute atomic E-state index is 13.0. The Bertz CT molecular complexity index is 1180. The molecule has 1 aliphatic rings. The summed E-state index contributed by atoms with van der Waals surface area (Å²) in [5, 5.41) is 11.8. The van der Waals surface area contributed by atoms with Gasteiger partial charge in [0.1, 0.15) is 5.82 Å². The van der Waals surface area contributed by atoms with Crippen LogP contribution in [-0.2, 0) is 10.0 Å². The van der Waals surface area contributed by atoms with Crippen LogP contribution >= 0.6 is 0 Å². The highest BCUT2D eigenvalue weighted by Crippen LogP contribution is 2.28. The van der Waals surface area contributed by atoms with Gasteiger partial charge >= 0.3 is 0 Å². The second-order valence-corrected chi connectivity index (χ2v) is 8.65. The second kappa shape index (κ2) is 7.84. The summed E-state index contributed by atoms with van der Waals surface area (Å²) >= 11 is 0. The Labute approximate surface area is 173 Å². The van der Waals surface area contributed by atoms with E-state index >= 15 is 0 Å². The van der Waals surface area contributed by atoms with Crippen LogP contribution in [0, 0.1) is 6.92 Å². The van der Waals surface area contributed by atoms with E-state index in [1.54, 1.807) is 18.5 Å². The highest BCUT2D eigenvalue weighted by molar-refractivity contribution is 7.89. The molecule has 30 heavy (non-hydrogen) atoms. The number of amides is 1. The normalized spacial score (nSPS) is 16.6. The van der Waals surface area contributed by atoms with Gasteiger partial charge in [-0.25, -0.2) is 23.5 Å². The zero-order chi connectivity index (χ0) is 21.3. The molecule has 0 saturated carbocycles. The zero-order valence-corrected chi connectivity index (χ0v) is 17.1. The molecule has 0 aliphatic carbocycles. The quantitative estimate of drug-likeness (QED) is 0.627. The third-order valence-corrected chi connectivity index (χ3v) is 5.70. The highest BCUT2D eigenvalue weighted by atomic mass is 32.2. The van der Waals surface area contributed by atoms with E-state index in [1.807, 2.05) is 23.9 Å². The number of primary sulfonamides is 1. The summed E-state index contributed by atoms with van der Waals surface area (Å²) in [6.07, 6.45) is 7.56. The lowest BCUT2D eigenvalue weighted by Gasteiger charge is -2.21. The molecule has 1 amide bonds. The summed E-state index contributed by atoms with van der Waals surface area (Å²) in [6.45, 7) is 3.28. The molecule has 0 radical (unpaired) electrons. The maximum atomic E-state index is 13.0. The number of carbonyl (C=O) groups excluding carboxylic acids is 1. The van der Waals surface area contributed by atoms with Crippen molar-refractivity contribution in [1.82, 2.24) is 19.7 Å². The molecule has 1 saturated heterocycles. The van der Waals surface area contributed by atoms with Gasteiger partial charge < -0.3 is 10.2 Å². The van der Waals surface area contributed by atoms with Crippen molar-refractivity contribution in [2.45, 2.75) is 24.4 Å². The first-order valence-electron chi connectivity index (χ1n) is 9.32. The third-order valence-electron chi connectivity index (χ3n) is 4.89. The molecule has 3 aromatic heterocycles.